The molecule has 5 nitrogen and oxygen atoms in total. The van der Waals surface area contributed by atoms with Crippen molar-refractivity contribution < 1.29 is 14.3 Å². The highest BCUT2D eigenvalue weighted by Gasteiger charge is 2.26. The molecule has 1 aliphatic heterocycles. The van der Waals surface area contributed by atoms with Crippen molar-refractivity contribution in [2.24, 2.45) is 5.73 Å². The standard InChI is InChI=1S/C26H24BrClN2O3/c27-5-8-33-25-4-1-16(15-24(25)28)17-12-21-20-3-2-19(30-6-9-32-10-7-30)11-18(20)14-22(21)23(13-17)26(29)31/h1-4,11-13,15H,5-10,14H2,(H2,29,31). The van der Waals surface area contributed by atoms with Gasteiger partial charge in [0.2, 0.25) is 5.91 Å². The maximum absolute atomic E-state index is 12.4. The van der Waals surface area contributed by atoms with Crippen molar-refractivity contribution in [1.29, 1.82) is 0 Å². The van der Waals surface area contributed by atoms with Gasteiger partial charge in [0, 0.05) is 29.7 Å². The summed E-state index contributed by atoms with van der Waals surface area (Å²) in [5.74, 6) is 0.217. The topological polar surface area (TPSA) is 64.8 Å². The molecule has 0 unspecified atom stereocenters. The van der Waals surface area contributed by atoms with E-state index in [1.807, 2.05) is 24.3 Å². The van der Waals surface area contributed by atoms with Crippen LogP contribution in [0.1, 0.15) is 21.5 Å². The van der Waals surface area contributed by atoms with Gasteiger partial charge in [0.1, 0.15) is 5.75 Å². The van der Waals surface area contributed by atoms with Gasteiger partial charge in [-0.05, 0) is 76.2 Å². The van der Waals surface area contributed by atoms with Crippen molar-refractivity contribution in [1.82, 2.24) is 0 Å². The summed E-state index contributed by atoms with van der Waals surface area (Å²) in [4.78, 5) is 14.7. The number of ether oxygens (including phenoxy) is 2. The van der Waals surface area contributed by atoms with Crippen molar-refractivity contribution in [3.05, 3.63) is 70.2 Å². The summed E-state index contributed by atoms with van der Waals surface area (Å²) in [6.07, 6.45) is 0.696. The SMILES string of the molecule is NC(=O)c1cc(-c2ccc(OCCBr)c(Cl)c2)cc2c1Cc1cc(N3CCOCC3)ccc1-2. The molecular weight excluding hydrogens is 504 g/mol. The lowest BCUT2D eigenvalue weighted by molar-refractivity contribution is 0.0999. The third-order valence-corrected chi connectivity index (χ3v) is 6.86. The van der Waals surface area contributed by atoms with E-state index in [1.54, 1.807) is 0 Å². The molecule has 3 aromatic rings. The van der Waals surface area contributed by atoms with E-state index in [0.29, 0.717) is 29.4 Å². The maximum Gasteiger partial charge on any atom is 0.249 e. The first-order valence-corrected chi connectivity index (χ1v) is 12.5. The summed E-state index contributed by atoms with van der Waals surface area (Å²) < 4.78 is 11.1. The molecule has 0 spiro atoms. The van der Waals surface area contributed by atoms with Crippen LogP contribution in [0.25, 0.3) is 22.3 Å². The summed E-state index contributed by atoms with van der Waals surface area (Å²) >= 11 is 9.81. The molecule has 2 N–H and O–H groups in total. The number of alkyl halides is 1. The number of carbonyl (C=O) groups is 1. The molecule has 0 radical (unpaired) electrons. The zero-order valence-electron chi connectivity index (χ0n) is 18.1. The fraction of sp³-hybridized carbons (Fsp3) is 0.269. The van der Waals surface area contributed by atoms with E-state index in [9.17, 15) is 4.79 Å². The van der Waals surface area contributed by atoms with E-state index in [0.717, 1.165) is 59.5 Å². The number of nitrogens with two attached hydrogens (primary N) is 1. The van der Waals surface area contributed by atoms with E-state index in [2.05, 4.69) is 45.1 Å². The van der Waals surface area contributed by atoms with Gasteiger partial charge in [-0.1, -0.05) is 39.7 Å². The minimum Gasteiger partial charge on any atom is -0.491 e. The van der Waals surface area contributed by atoms with Gasteiger partial charge in [-0.2, -0.15) is 0 Å². The zero-order valence-corrected chi connectivity index (χ0v) is 20.4. The summed E-state index contributed by atoms with van der Waals surface area (Å²) in [6.45, 7) is 3.80. The summed E-state index contributed by atoms with van der Waals surface area (Å²) in [5.41, 5.74) is 13.8. The number of benzene rings is 3. The highest BCUT2D eigenvalue weighted by atomic mass is 79.9. The van der Waals surface area contributed by atoms with Crippen LogP contribution >= 0.6 is 27.5 Å². The second-order valence-corrected chi connectivity index (χ2v) is 9.41. The predicted molar refractivity (Wildman–Crippen MR) is 136 cm³/mol. The molecule has 1 heterocycles. The van der Waals surface area contributed by atoms with Crippen molar-refractivity contribution in [3.8, 4) is 28.0 Å². The normalized spacial score (nSPS) is 14.7. The predicted octanol–water partition coefficient (Wildman–Crippen LogP) is 5.29. The Morgan fingerprint density at radius 1 is 1.06 bits per heavy atom. The molecule has 3 aromatic carbocycles. The van der Waals surface area contributed by atoms with Gasteiger partial charge in [-0.15, -0.1) is 0 Å². The molecule has 33 heavy (non-hydrogen) atoms. The van der Waals surface area contributed by atoms with Crippen LogP contribution in [0.15, 0.2) is 48.5 Å². The van der Waals surface area contributed by atoms with E-state index in [4.69, 9.17) is 26.8 Å². The largest absolute Gasteiger partial charge is 0.491 e. The number of fused-ring (bicyclic) bond motifs is 3. The second-order valence-electron chi connectivity index (χ2n) is 8.21. The maximum atomic E-state index is 12.4. The second kappa shape index (κ2) is 9.37. The Morgan fingerprint density at radius 2 is 1.88 bits per heavy atom. The lowest BCUT2D eigenvalue weighted by Gasteiger charge is -2.29. The molecule has 0 atom stereocenters. The number of primary amides is 1. The van der Waals surface area contributed by atoms with Crippen molar-refractivity contribution >= 4 is 39.1 Å². The molecule has 0 bridgehead atoms. The third kappa shape index (κ3) is 4.35. The molecule has 170 valence electrons. The molecule has 7 heteroatoms. The molecule has 0 aromatic heterocycles. The molecule has 1 amide bonds. The van der Waals surface area contributed by atoms with Gasteiger partial charge < -0.3 is 20.1 Å². The van der Waals surface area contributed by atoms with Crippen LogP contribution < -0.4 is 15.4 Å². The van der Waals surface area contributed by atoms with Gasteiger partial charge in [0.25, 0.3) is 0 Å². The summed E-state index contributed by atoms with van der Waals surface area (Å²) in [5, 5.41) is 1.26. The van der Waals surface area contributed by atoms with Crippen LogP contribution in [-0.4, -0.2) is 44.1 Å². The molecule has 0 saturated carbocycles. The molecule has 1 saturated heterocycles. The minimum absolute atomic E-state index is 0.419. The number of anilines is 1. The van der Waals surface area contributed by atoms with Crippen LogP contribution in [0, 0.1) is 0 Å². The smallest absolute Gasteiger partial charge is 0.249 e. The Hall–Kier alpha value is -2.54. The Kier molecular flexibility index (Phi) is 6.32. The number of rotatable bonds is 6. The first-order chi connectivity index (χ1) is 16.0. The number of halogens is 2. The molecular formula is C26H24BrClN2O3. The van der Waals surface area contributed by atoms with Gasteiger partial charge in [0.15, 0.2) is 0 Å². The number of carbonyl (C=O) groups excluding carboxylic acids is 1. The van der Waals surface area contributed by atoms with Crippen LogP contribution in [0.5, 0.6) is 5.75 Å². The zero-order chi connectivity index (χ0) is 22.9. The first-order valence-electron chi connectivity index (χ1n) is 11.0. The van der Waals surface area contributed by atoms with Crippen LogP contribution in [0.4, 0.5) is 5.69 Å². The fourth-order valence-electron chi connectivity index (χ4n) is 4.63. The van der Waals surface area contributed by atoms with E-state index in [-0.39, 0.29) is 0 Å². The van der Waals surface area contributed by atoms with Crippen molar-refractivity contribution in [2.75, 3.05) is 43.1 Å². The minimum atomic E-state index is -0.419. The van der Waals surface area contributed by atoms with Gasteiger partial charge in [0.05, 0.1) is 24.8 Å². The van der Waals surface area contributed by atoms with Crippen molar-refractivity contribution in [3.63, 3.8) is 0 Å². The molecule has 1 aliphatic carbocycles. The first kappa shape index (κ1) is 22.3. The molecule has 1 fully saturated rings. The Labute approximate surface area is 206 Å². The van der Waals surface area contributed by atoms with Crippen LogP contribution in [-0.2, 0) is 11.2 Å². The van der Waals surface area contributed by atoms with Gasteiger partial charge >= 0.3 is 0 Å². The number of amides is 1. The Bertz CT molecular complexity index is 1220. The Morgan fingerprint density at radius 3 is 2.61 bits per heavy atom. The highest BCUT2D eigenvalue weighted by molar-refractivity contribution is 9.09. The fourth-order valence-corrected chi connectivity index (χ4v) is 5.03. The number of morpholine rings is 1. The number of hydrogen-bond donors (Lipinski definition) is 1. The lowest BCUT2D eigenvalue weighted by atomic mass is 9.94. The Balaban J connectivity index is 1.54. The number of hydrogen-bond acceptors (Lipinski definition) is 4. The summed E-state index contributed by atoms with van der Waals surface area (Å²) in [7, 11) is 0. The van der Waals surface area contributed by atoms with Gasteiger partial charge in [-0.3, -0.25) is 4.79 Å². The van der Waals surface area contributed by atoms with E-state index >= 15 is 0 Å². The van der Waals surface area contributed by atoms with E-state index in [1.165, 1.54) is 11.3 Å². The summed E-state index contributed by atoms with van der Waals surface area (Å²) in [6, 6.07) is 16.2. The average molecular weight is 528 g/mol. The average Bonchev–Trinajstić information content (AvgIpc) is 3.21. The van der Waals surface area contributed by atoms with Gasteiger partial charge in [-0.25, -0.2) is 0 Å². The van der Waals surface area contributed by atoms with Crippen LogP contribution in [0.3, 0.4) is 0 Å². The van der Waals surface area contributed by atoms with Crippen LogP contribution in [0.2, 0.25) is 5.02 Å². The monoisotopic (exact) mass is 526 g/mol. The van der Waals surface area contributed by atoms with Crippen molar-refractivity contribution in [2.45, 2.75) is 6.42 Å². The van der Waals surface area contributed by atoms with E-state index < -0.39 is 5.91 Å². The lowest BCUT2D eigenvalue weighted by Crippen LogP contribution is -2.36. The number of nitrogens with zero attached hydrogens (tertiary/aromatic N) is 1. The third-order valence-electron chi connectivity index (χ3n) is 6.24. The highest BCUT2D eigenvalue weighted by Crippen LogP contribution is 2.43. The molecule has 2 aliphatic rings. The molecule has 5 rings (SSSR count). The quantitative estimate of drug-likeness (QED) is 0.346.